The number of nitrogens with two attached hydrogens (primary N) is 1. The van der Waals surface area contributed by atoms with E-state index in [0.29, 0.717) is 17.5 Å². The highest BCUT2D eigenvalue weighted by Crippen LogP contribution is 2.34. The van der Waals surface area contributed by atoms with Crippen molar-refractivity contribution >= 4 is 21.4 Å². The molecule has 0 heterocycles. The molecule has 170 valence electrons. The van der Waals surface area contributed by atoms with Crippen LogP contribution in [0.3, 0.4) is 0 Å². The Balaban J connectivity index is 0.000000357. The van der Waals surface area contributed by atoms with Crippen molar-refractivity contribution in [3.8, 4) is 17.2 Å². The second-order valence-corrected chi connectivity index (χ2v) is 9.36. The minimum Gasteiger partial charge on any atom is -0.497 e. The zero-order chi connectivity index (χ0) is 23.0. The summed E-state index contributed by atoms with van der Waals surface area (Å²) in [7, 11) is -2.04. The van der Waals surface area contributed by atoms with Gasteiger partial charge in [-0.05, 0) is 61.9 Å². The second-order valence-electron chi connectivity index (χ2n) is 7.61. The Morgan fingerprint density at radius 1 is 1.06 bits per heavy atom. The maximum absolute atomic E-state index is 11.4. The number of sulfonamides is 1. The first-order valence-corrected chi connectivity index (χ1v) is 11.8. The van der Waals surface area contributed by atoms with Crippen LogP contribution in [-0.2, 0) is 10.0 Å². The summed E-state index contributed by atoms with van der Waals surface area (Å²) in [6, 6.07) is 10.6. The Bertz CT molecular complexity index is 961. The van der Waals surface area contributed by atoms with Crippen molar-refractivity contribution in [2.24, 2.45) is 11.7 Å². The minimum atomic E-state index is -3.56. The van der Waals surface area contributed by atoms with Gasteiger partial charge in [0.2, 0.25) is 10.0 Å². The molecule has 0 bridgehead atoms. The number of rotatable bonds is 6. The SMILES string of the molecule is CC1CCC(N)CC1.COc1ccc(Oc2cc([N+](=O)[O-])ccc2NS(C)(=O)=O)cc1. The van der Waals surface area contributed by atoms with E-state index in [9.17, 15) is 18.5 Å². The summed E-state index contributed by atoms with van der Waals surface area (Å²) in [4.78, 5) is 10.3. The van der Waals surface area contributed by atoms with Crippen molar-refractivity contribution in [3.05, 3.63) is 52.6 Å². The number of anilines is 1. The van der Waals surface area contributed by atoms with Crippen LogP contribution in [0, 0.1) is 16.0 Å². The lowest BCUT2D eigenvalue weighted by Gasteiger charge is -2.22. The maximum Gasteiger partial charge on any atom is 0.273 e. The molecule has 0 aromatic heterocycles. The van der Waals surface area contributed by atoms with E-state index in [1.54, 1.807) is 24.3 Å². The van der Waals surface area contributed by atoms with Crippen molar-refractivity contribution in [1.82, 2.24) is 0 Å². The molecule has 0 atom stereocenters. The molecule has 9 nitrogen and oxygen atoms in total. The van der Waals surface area contributed by atoms with E-state index < -0.39 is 14.9 Å². The normalized spacial score (nSPS) is 18.3. The van der Waals surface area contributed by atoms with Crippen LogP contribution in [0.5, 0.6) is 17.2 Å². The van der Waals surface area contributed by atoms with Gasteiger partial charge in [0.1, 0.15) is 11.5 Å². The molecule has 10 heteroatoms. The van der Waals surface area contributed by atoms with Gasteiger partial charge in [-0.3, -0.25) is 14.8 Å². The van der Waals surface area contributed by atoms with E-state index in [1.165, 1.54) is 44.9 Å². The third-order valence-corrected chi connectivity index (χ3v) is 5.41. The third kappa shape index (κ3) is 8.42. The number of benzene rings is 2. The van der Waals surface area contributed by atoms with E-state index in [0.717, 1.165) is 18.2 Å². The monoisotopic (exact) mass is 451 g/mol. The quantitative estimate of drug-likeness (QED) is 0.494. The fourth-order valence-corrected chi connectivity index (χ4v) is 3.62. The highest BCUT2D eigenvalue weighted by atomic mass is 32.2. The molecule has 0 radical (unpaired) electrons. The van der Waals surface area contributed by atoms with Gasteiger partial charge in [0.05, 0.1) is 30.0 Å². The molecular weight excluding hydrogens is 422 g/mol. The Kier molecular flexibility index (Phi) is 8.64. The van der Waals surface area contributed by atoms with Gasteiger partial charge in [-0.2, -0.15) is 0 Å². The Hall–Kier alpha value is -2.85. The highest BCUT2D eigenvalue weighted by Gasteiger charge is 2.15. The van der Waals surface area contributed by atoms with Crippen molar-refractivity contribution in [2.45, 2.75) is 38.6 Å². The first-order chi connectivity index (χ1) is 14.6. The maximum atomic E-state index is 11.4. The summed E-state index contributed by atoms with van der Waals surface area (Å²) in [6.45, 7) is 2.31. The van der Waals surface area contributed by atoms with Crippen LogP contribution in [0.15, 0.2) is 42.5 Å². The number of ether oxygens (including phenoxy) is 2. The first-order valence-electron chi connectivity index (χ1n) is 9.91. The molecule has 3 N–H and O–H groups in total. The third-order valence-electron chi connectivity index (χ3n) is 4.82. The number of methoxy groups -OCH3 is 1. The number of hydrogen-bond donors (Lipinski definition) is 2. The summed E-state index contributed by atoms with van der Waals surface area (Å²) in [5.41, 5.74) is 5.59. The molecule has 0 unspecified atom stereocenters. The van der Waals surface area contributed by atoms with E-state index in [2.05, 4.69) is 11.6 Å². The molecule has 3 rings (SSSR count). The average molecular weight is 452 g/mol. The van der Waals surface area contributed by atoms with Gasteiger partial charge in [-0.15, -0.1) is 0 Å². The van der Waals surface area contributed by atoms with Crippen LogP contribution in [0.1, 0.15) is 32.6 Å². The Morgan fingerprint density at radius 3 is 2.13 bits per heavy atom. The van der Waals surface area contributed by atoms with Crippen LogP contribution >= 0.6 is 0 Å². The lowest BCUT2D eigenvalue weighted by molar-refractivity contribution is -0.384. The average Bonchev–Trinajstić information content (AvgIpc) is 2.71. The molecular formula is C21H29N3O6S. The second kappa shape index (κ2) is 11.0. The molecule has 31 heavy (non-hydrogen) atoms. The number of nitrogens with one attached hydrogen (secondary N) is 1. The van der Waals surface area contributed by atoms with Crippen LogP contribution in [0.2, 0.25) is 0 Å². The van der Waals surface area contributed by atoms with E-state index in [1.807, 2.05) is 0 Å². The molecule has 1 aliphatic carbocycles. The smallest absolute Gasteiger partial charge is 0.273 e. The number of nitrogens with zero attached hydrogens (tertiary/aromatic N) is 1. The fourth-order valence-electron chi connectivity index (χ4n) is 3.05. The molecule has 0 saturated heterocycles. The standard InChI is InChI=1S/C14H14N2O6S.C7H15N/c1-21-11-4-6-12(7-5-11)22-14-9-10(16(17)18)3-8-13(14)15-23(2,19)20;1-6-2-4-7(8)5-3-6/h3-9,15H,1-2H3;6-7H,2-5,8H2,1H3. The molecule has 2 aromatic carbocycles. The largest absolute Gasteiger partial charge is 0.497 e. The predicted octanol–water partition coefficient (Wildman–Crippen LogP) is 4.29. The van der Waals surface area contributed by atoms with E-state index in [-0.39, 0.29) is 17.1 Å². The molecule has 1 aliphatic rings. The Morgan fingerprint density at radius 2 is 1.65 bits per heavy atom. The number of non-ortho nitro benzene ring substituents is 1. The van der Waals surface area contributed by atoms with Gasteiger partial charge in [0, 0.05) is 12.1 Å². The molecule has 2 aromatic rings. The van der Waals surface area contributed by atoms with Gasteiger partial charge in [-0.1, -0.05) is 6.92 Å². The summed E-state index contributed by atoms with van der Waals surface area (Å²) in [6.07, 6.45) is 6.18. The van der Waals surface area contributed by atoms with Crippen LogP contribution in [-0.4, -0.2) is 32.7 Å². The van der Waals surface area contributed by atoms with Crippen LogP contribution in [0.4, 0.5) is 11.4 Å². The predicted molar refractivity (Wildman–Crippen MR) is 120 cm³/mol. The molecule has 0 aliphatic heterocycles. The summed E-state index contributed by atoms with van der Waals surface area (Å²) in [5, 5.41) is 10.9. The van der Waals surface area contributed by atoms with Crippen LogP contribution in [0.25, 0.3) is 0 Å². The van der Waals surface area contributed by atoms with Crippen molar-refractivity contribution in [1.29, 1.82) is 0 Å². The molecule has 1 fully saturated rings. The van der Waals surface area contributed by atoms with Gasteiger partial charge < -0.3 is 15.2 Å². The van der Waals surface area contributed by atoms with E-state index >= 15 is 0 Å². The lowest BCUT2D eigenvalue weighted by Crippen LogP contribution is -2.25. The van der Waals surface area contributed by atoms with Crippen molar-refractivity contribution in [2.75, 3.05) is 18.1 Å². The molecule has 0 spiro atoms. The summed E-state index contributed by atoms with van der Waals surface area (Å²) < 4.78 is 35.6. The topological polar surface area (TPSA) is 134 Å². The van der Waals surface area contributed by atoms with Crippen molar-refractivity contribution in [3.63, 3.8) is 0 Å². The fraction of sp³-hybridized carbons (Fsp3) is 0.429. The zero-order valence-corrected chi connectivity index (χ0v) is 18.7. The molecule has 1 saturated carbocycles. The zero-order valence-electron chi connectivity index (χ0n) is 17.9. The van der Waals surface area contributed by atoms with Crippen LogP contribution < -0.4 is 19.9 Å². The van der Waals surface area contributed by atoms with Crippen molar-refractivity contribution < 1.29 is 22.8 Å². The van der Waals surface area contributed by atoms with E-state index in [4.69, 9.17) is 15.2 Å². The van der Waals surface area contributed by atoms with Gasteiger partial charge in [0.25, 0.3) is 5.69 Å². The molecule has 0 amide bonds. The summed E-state index contributed by atoms with van der Waals surface area (Å²) in [5.74, 6) is 1.96. The number of nitro benzene ring substituents is 1. The summed E-state index contributed by atoms with van der Waals surface area (Å²) >= 11 is 0. The van der Waals surface area contributed by atoms with Gasteiger partial charge in [-0.25, -0.2) is 8.42 Å². The van der Waals surface area contributed by atoms with Gasteiger partial charge in [0.15, 0.2) is 5.75 Å². The number of hydrogen-bond acceptors (Lipinski definition) is 7. The highest BCUT2D eigenvalue weighted by molar-refractivity contribution is 7.92. The van der Waals surface area contributed by atoms with Gasteiger partial charge >= 0.3 is 0 Å². The Labute approximate surface area is 182 Å². The minimum absolute atomic E-state index is 0.0230. The lowest BCUT2D eigenvalue weighted by atomic mass is 9.88. The first kappa shape index (κ1) is 24.4. The number of nitro groups is 1.